The summed E-state index contributed by atoms with van der Waals surface area (Å²) in [6, 6.07) is 19.2. The Kier molecular flexibility index (Phi) is 5.39. The van der Waals surface area contributed by atoms with Gasteiger partial charge in [-0.3, -0.25) is 9.69 Å². The van der Waals surface area contributed by atoms with Gasteiger partial charge in [0.05, 0.1) is 23.7 Å². The molecule has 160 valence electrons. The monoisotopic (exact) mass is 423 g/mol. The number of fused-ring (bicyclic) bond motifs is 3. The number of carbonyl (C=O) groups is 1. The van der Waals surface area contributed by atoms with Gasteiger partial charge in [0.2, 0.25) is 0 Å². The first-order chi connectivity index (χ1) is 15.7. The van der Waals surface area contributed by atoms with E-state index < -0.39 is 0 Å². The highest BCUT2D eigenvalue weighted by Crippen LogP contribution is 2.47. The van der Waals surface area contributed by atoms with Crippen LogP contribution in [0, 0.1) is 22.7 Å². The molecule has 1 fully saturated rings. The summed E-state index contributed by atoms with van der Waals surface area (Å²) in [5.74, 6) is -0.286. The van der Waals surface area contributed by atoms with Crippen molar-refractivity contribution in [3.8, 4) is 12.1 Å². The van der Waals surface area contributed by atoms with E-state index in [0.29, 0.717) is 11.3 Å². The Morgan fingerprint density at radius 2 is 1.66 bits per heavy atom. The number of amides is 1. The molecule has 6 nitrogen and oxygen atoms in total. The second-order valence-corrected chi connectivity index (χ2v) is 8.62. The topological polar surface area (TPSA) is 74.4 Å². The molecule has 0 bridgehead atoms. The van der Waals surface area contributed by atoms with E-state index >= 15 is 0 Å². The Balaban J connectivity index is 1.54. The normalized spacial score (nSPS) is 22.6. The maximum atomic E-state index is 13.3. The van der Waals surface area contributed by atoms with Crippen molar-refractivity contribution in [1.29, 1.82) is 10.5 Å². The fraction of sp³-hybridized carbons (Fsp3) is 0.346. The molecule has 2 atom stereocenters. The molecule has 0 N–H and O–H groups in total. The van der Waals surface area contributed by atoms with Gasteiger partial charge in [-0.05, 0) is 62.3 Å². The highest BCUT2D eigenvalue weighted by Gasteiger charge is 2.46. The van der Waals surface area contributed by atoms with E-state index in [-0.39, 0.29) is 23.6 Å². The summed E-state index contributed by atoms with van der Waals surface area (Å²) in [4.78, 5) is 19.9. The number of rotatable bonds is 4. The van der Waals surface area contributed by atoms with E-state index in [1.54, 1.807) is 29.2 Å². The lowest BCUT2D eigenvalue weighted by molar-refractivity contribution is -0.115. The van der Waals surface area contributed by atoms with Crippen molar-refractivity contribution in [2.75, 3.05) is 36.0 Å². The van der Waals surface area contributed by atoms with Crippen molar-refractivity contribution < 1.29 is 4.79 Å². The molecule has 32 heavy (non-hydrogen) atoms. The van der Waals surface area contributed by atoms with Crippen LogP contribution in [0.4, 0.5) is 11.4 Å². The summed E-state index contributed by atoms with van der Waals surface area (Å²) in [5, 5.41) is 18.9. The quantitative estimate of drug-likeness (QED) is 0.748. The summed E-state index contributed by atoms with van der Waals surface area (Å²) in [7, 11) is 0. The van der Waals surface area contributed by atoms with Crippen LogP contribution in [-0.4, -0.2) is 43.0 Å². The molecule has 1 saturated heterocycles. The maximum absolute atomic E-state index is 13.3. The van der Waals surface area contributed by atoms with Crippen LogP contribution in [0.3, 0.4) is 0 Å². The van der Waals surface area contributed by atoms with E-state index in [1.165, 1.54) is 19.3 Å². The molecular weight excluding hydrogens is 398 g/mol. The zero-order valence-corrected chi connectivity index (χ0v) is 17.9. The number of nitrogens with zero attached hydrogens (tertiary/aromatic N) is 5. The Bertz CT molecular complexity index is 1130. The third-order valence-corrected chi connectivity index (χ3v) is 6.81. The molecule has 1 amide bonds. The molecule has 2 aromatic carbocycles. The van der Waals surface area contributed by atoms with Crippen molar-refractivity contribution in [1.82, 2.24) is 4.90 Å². The minimum absolute atomic E-state index is 0.0971. The van der Waals surface area contributed by atoms with Crippen LogP contribution < -0.4 is 9.80 Å². The van der Waals surface area contributed by atoms with Gasteiger partial charge in [-0.15, -0.1) is 0 Å². The number of anilines is 2. The number of piperidine rings is 1. The molecular formula is C26H25N5O. The lowest BCUT2D eigenvalue weighted by atomic mass is 9.93. The van der Waals surface area contributed by atoms with Crippen molar-refractivity contribution in [2.45, 2.75) is 31.3 Å². The Labute approximate surface area is 188 Å². The predicted octanol–water partition coefficient (Wildman–Crippen LogP) is 3.77. The van der Waals surface area contributed by atoms with Gasteiger partial charge >= 0.3 is 0 Å². The molecule has 2 aromatic rings. The molecule has 3 heterocycles. The molecule has 2 unspecified atom stereocenters. The molecule has 0 aliphatic carbocycles. The minimum Gasteiger partial charge on any atom is -0.361 e. The Morgan fingerprint density at radius 3 is 2.38 bits per heavy atom. The Morgan fingerprint density at radius 1 is 0.906 bits per heavy atom. The van der Waals surface area contributed by atoms with Gasteiger partial charge in [-0.2, -0.15) is 10.5 Å². The first kappa shape index (κ1) is 20.3. The van der Waals surface area contributed by atoms with Crippen LogP contribution in [0.2, 0.25) is 0 Å². The van der Waals surface area contributed by atoms with Crippen LogP contribution in [0.5, 0.6) is 0 Å². The zero-order chi connectivity index (χ0) is 22.1. The standard InChI is InChI=1S/C26H25N5O/c27-17-19-8-10-21(11-9-19)31-25-22-6-2-3-7-23(22)30(15-14-29-12-4-1-5-13-29)24(25)16-20(18-28)26(31)32/h2-3,6-11,16,24-25H,1,4-5,12-15H2. The summed E-state index contributed by atoms with van der Waals surface area (Å²) in [6.07, 6.45) is 5.66. The first-order valence-corrected chi connectivity index (χ1v) is 11.2. The van der Waals surface area contributed by atoms with Gasteiger partial charge in [-0.25, -0.2) is 0 Å². The average molecular weight is 424 g/mol. The van der Waals surface area contributed by atoms with E-state index in [2.05, 4.69) is 34.1 Å². The van der Waals surface area contributed by atoms with Crippen LogP contribution in [0.15, 0.2) is 60.2 Å². The van der Waals surface area contributed by atoms with Crippen LogP contribution >= 0.6 is 0 Å². The molecule has 5 rings (SSSR count). The number of nitriles is 2. The van der Waals surface area contributed by atoms with E-state index in [4.69, 9.17) is 5.26 Å². The molecule has 0 saturated carbocycles. The van der Waals surface area contributed by atoms with Gasteiger partial charge in [0.25, 0.3) is 5.91 Å². The minimum atomic E-state index is -0.286. The second-order valence-electron chi connectivity index (χ2n) is 8.62. The summed E-state index contributed by atoms with van der Waals surface area (Å²) >= 11 is 0. The van der Waals surface area contributed by atoms with Crippen LogP contribution in [-0.2, 0) is 4.79 Å². The van der Waals surface area contributed by atoms with E-state index in [0.717, 1.165) is 37.4 Å². The number of para-hydroxylation sites is 1. The van der Waals surface area contributed by atoms with E-state index in [9.17, 15) is 10.1 Å². The fourth-order valence-corrected chi connectivity index (χ4v) is 5.25. The second kappa shape index (κ2) is 8.49. The largest absolute Gasteiger partial charge is 0.361 e. The Hall–Kier alpha value is -3.61. The highest BCUT2D eigenvalue weighted by molar-refractivity contribution is 6.10. The van der Waals surface area contributed by atoms with Crippen molar-refractivity contribution in [3.05, 3.63) is 71.3 Å². The van der Waals surface area contributed by atoms with Gasteiger partial charge in [0.1, 0.15) is 11.6 Å². The zero-order valence-electron chi connectivity index (χ0n) is 17.9. The molecule has 6 heteroatoms. The smallest absolute Gasteiger partial charge is 0.269 e. The fourth-order valence-electron chi connectivity index (χ4n) is 5.25. The number of hydrogen-bond donors (Lipinski definition) is 0. The number of hydrogen-bond acceptors (Lipinski definition) is 5. The third kappa shape index (κ3) is 3.43. The molecule has 0 radical (unpaired) electrons. The SMILES string of the molecule is N#CC1=CC2C(c3ccccc3N2CCN2CCCCC2)N(c2ccc(C#N)cc2)C1=O. The van der Waals surface area contributed by atoms with Gasteiger partial charge < -0.3 is 9.80 Å². The average Bonchev–Trinajstić information content (AvgIpc) is 3.16. The summed E-state index contributed by atoms with van der Waals surface area (Å²) < 4.78 is 0. The first-order valence-electron chi connectivity index (χ1n) is 11.2. The molecule has 0 aromatic heterocycles. The number of carbonyl (C=O) groups excluding carboxylic acids is 1. The number of benzene rings is 2. The lowest BCUT2D eigenvalue weighted by Crippen LogP contribution is -2.49. The molecule has 0 spiro atoms. The number of likely N-dealkylation sites (tertiary alicyclic amines) is 1. The predicted molar refractivity (Wildman–Crippen MR) is 123 cm³/mol. The third-order valence-electron chi connectivity index (χ3n) is 6.81. The summed E-state index contributed by atoms with van der Waals surface area (Å²) in [5.41, 5.74) is 3.65. The molecule has 3 aliphatic heterocycles. The summed E-state index contributed by atoms with van der Waals surface area (Å²) in [6.45, 7) is 4.10. The van der Waals surface area contributed by atoms with Gasteiger partial charge in [-0.1, -0.05) is 24.6 Å². The van der Waals surface area contributed by atoms with Crippen LogP contribution in [0.1, 0.15) is 36.4 Å². The van der Waals surface area contributed by atoms with Crippen molar-refractivity contribution in [2.24, 2.45) is 0 Å². The maximum Gasteiger partial charge on any atom is 0.269 e. The van der Waals surface area contributed by atoms with Crippen molar-refractivity contribution >= 4 is 17.3 Å². The lowest BCUT2D eigenvalue weighted by Gasteiger charge is -2.39. The highest BCUT2D eigenvalue weighted by atomic mass is 16.2. The van der Waals surface area contributed by atoms with E-state index in [1.807, 2.05) is 18.2 Å². The van der Waals surface area contributed by atoms with Crippen LogP contribution in [0.25, 0.3) is 0 Å². The van der Waals surface area contributed by atoms with Gasteiger partial charge in [0, 0.05) is 30.0 Å². The van der Waals surface area contributed by atoms with Crippen molar-refractivity contribution in [3.63, 3.8) is 0 Å². The molecule has 3 aliphatic rings. The van der Waals surface area contributed by atoms with Gasteiger partial charge in [0.15, 0.2) is 0 Å².